The highest BCUT2D eigenvalue weighted by molar-refractivity contribution is 5.95. The molecule has 0 bridgehead atoms. The van der Waals surface area contributed by atoms with Crippen molar-refractivity contribution in [3.63, 3.8) is 0 Å². The molecule has 2 heterocycles. The Labute approximate surface area is 191 Å². The lowest BCUT2D eigenvalue weighted by atomic mass is 9.94. The van der Waals surface area contributed by atoms with Gasteiger partial charge in [0.2, 0.25) is 5.91 Å². The van der Waals surface area contributed by atoms with E-state index in [9.17, 15) is 9.59 Å². The molecule has 9 heteroatoms. The molecule has 0 spiro atoms. The highest BCUT2D eigenvalue weighted by Gasteiger charge is 2.25. The number of hydrogen-bond acceptors (Lipinski definition) is 6. The molecule has 2 fully saturated rings. The van der Waals surface area contributed by atoms with Crippen LogP contribution in [0.1, 0.15) is 26.2 Å². The number of ether oxygens (including phenoxy) is 2. The second kappa shape index (κ2) is 13.7. The summed E-state index contributed by atoms with van der Waals surface area (Å²) < 4.78 is 10.2. The van der Waals surface area contributed by atoms with Crippen LogP contribution in [0.25, 0.3) is 0 Å². The Balaban J connectivity index is 0.00000225. The van der Waals surface area contributed by atoms with Crippen molar-refractivity contribution in [1.82, 2.24) is 10.2 Å². The van der Waals surface area contributed by atoms with Gasteiger partial charge in [0, 0.05) is 18.8 Å². The lowest BCUT2D eigenvalue weighted by Crippen LogP contribution is -2.51. The quantitative estimate of drug-likeness (QED) is 0.599. The topological polar surface area (TPSA) is 71.1 Å². The van der Waals surface area contributed by atoms with Crippen LogP contribution in [0.15, 0.2) is 24.3 Å². The van der Waals surface area contributed by atoms with E-state index in [1.165, 1.54) is 19.3 Å². The summed E-state index contributed by atoms with van der Waals surface area (Å²) in [5, 5.41) is 3.40. The molecule has 1 amide bonds. The Morgan fingerprint density at radius 1 is 1.13 bits per heavy atom. The normalized spacial score (nSPS) is 17.6. The maximum atomic E-state index is 12.6. The van der Waals surface area contributed by atoms with E-state index < -0.39 is 0 Å². The van der Waals surface area contributed by atoms with Crippen molar-refractivity contribution in [3.05, 3.63) is 24.3 Å². The first-order valence-electron chi connectivity index (χ1n) is 10.3. The molecular formula is C21H33Cl2N3O4. The fraction of sp³-hybridized carbons (Fsp3) is 0.619. The molecule has 30 heavy (non-hydrogen) atoms. The third-order valence-corrected chi connectivity index (χ3v) is 5.42. The van der Waals surface area contributed by atoms with E-state index in [-0.39, 0.29) is 43.3 Å². The molecule has 0 aromatic heterocycles. The molecule has 1 aromatic carbocycles. The fourth-order valence-corrected chi connectivity index (χ4v) is 3.79. The summed E-state index contributed by atoms with van der Waals surface area (Å²) in [6.07, 6.45) is 3.68. The van der Waals surface area contributed by atoms with E-state index in [2.05, 4.69) is 10.2 Å². The van der Waals surface area contributed by atoms with Gasteiger partial charge < -0.3 is 19.7 Å². The van der Waals surface area contributed by atoms with Crippen molar-refractivity contribution >= 4 is 42.4 Å². The first kappa shape index (κ1) is 26.5. The van der Waals surface area contributed by atoms with E-state index >= 15 is 0 Å². The Kier molecular flexibility index (Phi) is 12.1. The van der Waals surface area contributed by atoms with Crippen molar-refractivity contribution in [2.45, 2.75) is 26.2 Å². The highest BCUT2D eigenvalue weighted by atomic mass is 35.5. The fourth-order valence-electron chi connectivity index (χ4n) is 3.79. The lowest BCUT2D eigenvalue weighted by molar-refractivity contribution is -0.145. The van der Waals surface area contributed by atoms with Gasteiger partial charge in [0.25, 0.3) is 0 Å². The zero-order valence-corrected chi connectivity index (χ0v) is 19.1. The molecule has 0 unspecified atom stereocenters. The van der Waals surface area contributed by atoms with Gasteiger partial charge in [-0.3, -0.25) is 9.69 Å². The molecule has 2 aliphatic heterocycles. The van der Waals surface area contributed by atoms with Gasteiger partial charge in [-0.15, -0.1) is 24.8 Å². The predicted octanol–water partition coefficient (Wildman–Crippen LogP) is 2.51. The summed E-state index contributed by atoms with van der Waals surface area (Å²) in [7, 11) is 0. The smallest absolute Gasteiger partial charge is 0.344 e. The number of carbonyl (C=O) groups is 2. The van der Waals surface area contributed by atoms with E-state index in [1.54, 1.807) is 19.1 Å². The Hall–Kier alpha value is -1.54. The van der Waals surface area contributed by atoms with Crippen molar-refractivity contribution < 1.29 is 19.1 Å². The zero-order valence-electron chi connectivity index (χ0n) is 17.5. The monoisotopic (exact) mass is 461 g/mol. The molecule has 2 aliphatic rings. The van der Waals surface area contributed by atoms with Crippen molar-refractivity contribution in [3.8, 4) is 5.75 Å². The average molecular weight is 462 g/mol. The summed E-state index contributed by atoms with van der Waals surface area (Å²) in [5.74, 6) is 1.13. The Morgan fingerprint density at radius 3 is 2.47 bits per heavy atom. The number of piperidine rings is 1. The standard InChI is InChI=1S/C21H31N3O4.2ClH/c1-2-27-21(26)16-28-19-5-3-18(4-6-19)24-14-13-23(15-20(24)25)12-9-17-7-10-22-11-8-17;;/h3-6,17,22H,2,7-16H2,1H3;2*1H. The number of halogens is 2. The molecule has 1 aromatic rings. The van der Waals surface area contributed by atoms with Crippen molar-refractivity contribution in [2.24, 2.45) is 5.92 Å². The Bertz CT molecular complexity index is 654. The van der Waals surface area contributed by atoms with Gasteiger partial charge in [0.05, 0.1) is 13.2 Å². The van der Waals surface area contributed by atoms with Gasteiger partial charge in [-0.2, -0.15) is 0 Å². The molecule has 170 valence electrons. The molecule has 0 saturated carbocycles. The molecular weight excluding hydrogens is 429 g/mol. The molecule has 2 saturated heterocycles. The number of hydrogen-bond donors (Lipinski definition) is 1. The van der Waals surface area contributed by atoms with Crippen LogP contribution in [0, 0.1) is 5.92 Å². The first-order chi connectivity index (χ1) is 13.7. The van der Waals surface area contributed by atoms with Crippen LogP contribution in [-0.4, -0.2) is 69.3 Å². The maximum Gasteiger partial charge on any atom is 0.344 e. The minimum Gasteiger partial charge on any atom is -0.482 e. The van der Waals surface area contributed by atoms with E-state index in [0.29, 0.717) is 25.4 Å². The number of esters is 1. The SMILES string of the molecule is CCOC(=O)COc1ccc(N2CCN(CCC3CCNCC3)CC2=O)cc1.Cl.Cl. The van der Waals surface area contributed by atoms with Gasteiger partial charge in [0.15, 0.2) is 6.61 Å². The number of amides is 1. The van der Waals surface area contributed by atoms with Crippen molar-refractivity contribution in [1.29, 1.82) is 0 Å². The average Bonchev–Trinajstić information content (AvgIpc) is 2.72. The van der Waals surface area contributed by atoms with Gasteiger partial charge >= 0.3 is 5.97 Å². The van der Waals surface area contributed by atoms with E-state index in [0.717, 1.165) is 37.8 Å². The lowest BCUT2D eigenvalue weighted by Gasteiger charge is -2.35. The maximum absolute atomic E-state index is 12.6. The van der Waals surface area contributed by atoms with Crippen molar-refractivity contribution in [2.75, 3.05) is 57.4 Å². The minimum atomic E-state index is -0.387. The first-order valence-corrected chi connectivity index (χ1v) is 10.3. The third-order valence-electron chi connectivity index (χ3n) is 5.42. The number of anilines is 1. The van der Waals surface area contributed by atoms with Crippen LogP contribution >= 0.6 is 24.8 Å². The van der Waals surface area contributed by atoms with Crippen LogP contribution in [0.3, 0.4) is 0 Å². The Morgan fingerprint density at radius 2 is 1.83 bits per heavy atom. The molecule has 1 N–H and O–H groups in total. The van der Waals surface area contributed by atoms with Crippen LogP contribution in [0.4, 0.5) is 5.69 Å². The van der Waals surface area contributed by atoms with Gasteiger partial charge in [0.1, 0.15) is 5.75 Å². The number of piperazine rings is 1. The van der Waals surface area contributed by atoms with Crippen LogP contribution < -0.4 is 15.0 Å². The summed E-state index contributed by atoms with van der Waals surface area (Å²) >= 11 is 0. The molecule has 0 atom stereocenters. The largest absolute Gasteiger partial charge is 0.482 e. The molecule has 3 rings (SSSR count). The minimum absolute atomic E-state index is 0. The summed E-state index contributed by atoms with van der Waals surface area (Å²) in [6.45, 7) is 7.32. The summed E-state index contributed by atoms with van der Waals surface area (Å²) in [5.41, 5.74) is 0.867. The zero-order chi connectivity index (χ0) is 19.8. The van der Waals surface area contributed by atoms with Crippen LogP contribution in [0.5, 0.6) is 5.75 Å². The van der Waals surface area contributed by atoms with Crippen LogP contribution in [-0.2, 0) is 14.3 Å². The summed E-state index contributed by atoms with van der Waals surface area (Å²) in [6, 6.07) is 7.29. The molecule has 0 radical (unpaired) electrons. The van der Waals surface area contributed by atoms with Gasteiger partial charge in [-0.25, -0.2) is 4.79 Å². The number of benzene rings is 1. The van der Waals surface area contributed by atoms with E-state index in [1.807, 2.05) is 17.0 Å². The van der Waals surface area contributed by atoms with Crippen LogP contribution in [0.2, 0.25) is 0 Å². The van der Waals surface area contributed by atoms with Gasteiger partial charge in [-0.05, 0) is 76.0 Å². The number of nitrogens with one attached hydrogen (secondary N) is 1. The second-order valence-electron chi connectivity index (χ2n) is 7.39. The second-order valence-corrected chi connectivity index (χ2v) is 7.39. The third kappa shape index (κ3) is 7.95. The molecule has 0 aliphatic carbocycles. The van der Waals surface area contributed by atoms with Gasteiger partial charge in [-0.1, -0.05) is 0 Å². The predicted molar refractivity (Wildman–Crippen MR) is 122 cm³/mol. The molecule has 7 nitrogen and oxygen atoms in total. The van der Waals surface area contributed by atoms with E-state index in [4.69, 9.17) is 9.47 Å². The summed E-state index contributed by atoms with van der Waals surface area (Å²) in [4.78, 5) is 28.1. The number of carbonyl (C=O) groups excluding carboxylic acids is 2. The highest BCUT2D eigenvalue weighted by Crippen LogP contribution is 2.22. The number of rotatable bonds is 8. The number of nitrogens with zero attached hydrogens (tertiary/aromatic N) is 2.